The van der Waals surface area contributed by atoms with Gasteiger partial charge in [0.1, 0.15) is 11.2 Å². The molecule has 1 N–H and O–H groups in total. The second kappa shape index (κ2) is 5.02. The molecule has 0 aliphatic heterocycles. The normalized spacial score (nSPS) is 19.4. The SMILES string of the molecule is Cc1sc2cncn2c1[C@@H](O)CC1CCCCC1. The van der Waals surface area contributed by atoms with Crippen molar-refractivity contribution in [3.05, 3.63) is 23.1 Å². The molecule has 3 rings (SSSR count). The molecular weight excluding hydrogens is 244 g/mol. The van der Waals surface area contributed by atoms with Crippen LogP contribution in [0.2, 0.25) is 0 Å². The van der Waals surface area contributed by atoms with Crippen molar-refractivity contribution in [3.63, 3.8) is 0 Å². The average molecular weight is 264 g/mol. The number of hydrogen-bond donors (Lipinski definition) is 1. The molecule has 0 aromatic carbocycles. The van der Waals surface area contributed by atoms with E-state index in [4.69, 9.17) is 0 Å². The van der Waals surface area contributed by atoms with Crippen LogP contribution in [-0.2, 0) is 0 Å². The predicted molar refractivity (Wildman–Crippen MR) is 74.0 cm³/mol. The fourth-order valence-corrected chi connectivity index (χ4v) is 4.17. The van der Waals surface area contributed by atoms with Crippen molar-refractivity contribution in [2.24, 2.45) is 5.92 Å². The van der Waals surface area contributed by atoms with Gasteiger partial charge in [-0.05, 0) is 19.3 Å². The van der Waals surface area contributed by atoms with Crippen LogP contribution in [-0.4, -0.2) is 14.5 Å². The first-order valence-electron chi connectivity index (χ1n) is 6.85. The van der Waals surface area contributed by atoms with Gasteiger partial charge in [0.05, 0.1) is 18.0 Å². The zero-order chi connectivity index (χ0) is 12.5. The lowest BCUT2D eigenvalue weighted by Gasteiger charge is -2.24. The monoisotopic (exact) mass is 264 g/mol. The number of hydrogen-bond acceptors (Lipinski definition) is 3. The van der Waals surface area contributed by atoms with E-state index in [0.717, 1.165) is 16.9 Å². The van der Waals surface area contributed by atoms with E-state index >= 15 is 0 Å². The molecule has 1 saturated carbocycles. The van der Waals surface area contributed by atoms with Gasteiger partial charge in [-0.25, -0.2) is 4.98 Å². The van der Waals surface area contributed by atoms with E-state index in [1.54, 1.807) is 11.3 Å². The van der Waals surface area contributed by atoms with Gasteiger partial charge in [0.2, 0.25) is 0 Å². The predicted octanol–water partition coefficient (Wildman–Crippen LogP) is 3.71. The first-order valence-corrected chi connectivity index (χ1v) is 7.67. The highest BCUT2D eigenvalue weighted by Crippen LogP contribution is 2.35. The van der Waals surface area contributed by atoms with Crippen molar-refractivity contribution in [2.75, 3.05) is 0 Å². The Balaban J connectivity index is 1.80. The lowest BCUT2D eigenvalue weighted by Crippen LogP contribution is -2.12. The number of aliphatic hydroxyl groups excluding tert-OH is 1. The Morgan fingerprint density at radius 2 is 2.22 bits per heavy atom. The standard InChI is InChI=1S/C14H20N2OS/c1-10-14(16-9-15-8-13(16)18-10)12(17)7-11-5-3-2-4-6-11/h8-9,11-12,17H,2-7H2,1H3/t12-/m0/s1. The quantitative estimate of drug-likeness (QED) is 0.917. The highest BCUT2D eigenvalue weighted by atomic mass is 32.1. The van der Waals surface area contributed by atoms with E-state index in [1.807, 2.05) is 16.9 Å². The summed E-state index contributed by atoms with van der Waals surface area (Å²) < 4.78 is 2.05. The van der Waals surface area contributed by atoms with Gasteiger partial charge in [0, 0.05) is 4.88 Å². The van der Waals surface area contributed by atoms with E-state index < -0.39 is 0 Å². The molecule has 3 nitrogen and oxygen atoms in total. The van der Waals surface area contributed by atoms with E-state index in [-0.39, 0.29) is 6.10 Å². The van der Waals surface area contributed by atoms with Crippen LogP contribution in [0.5, 0.6) is 0 Å². The Kier molecular flexibility index (Phi) is 3.39. The van der Waals surface area contributed by atoms with Crippen molar-refractivity contribution in [1.29, 1.82) is 0 Å². The molecule has 2 heterocycles. The van der Waals surface area contributed by atoms with Crippen molar-refractivity contribution >= 4 is 16.2 Å². The second-order valence-electron chi connectivity index (χ2n) is 5.40. The summed E-state index contributed by atoms with van der Waals surface area (Å²) in [6.07, 6.45) is 10.9. The number of thiazole rings is 1. The molecule has 1 aliphatic carbocycles. The van der Waals surface area contributed by atoms with Crippen LogP contribution >= 0.6 is 11.3 Å². The van der Waals surface area contributed by atoms with Crippen LogP contribution in [0.4, 0.5) is 0 Å². The number of imidazole rings is 1. The number of aryl methyl sites for hydroxylation is 1. The lowest BCUT2D eigenvalue weighted by molar-refractivity contribution is 0.126. The average Bonchev–Trinajstić information content (AvgIpc) is 2.89. The Morgan fingerprint density at radius 1 is 1.44 bits per heavy atom. The first-order chi connectivity index (χ1) is 8.75. The summed E-state index contributed by atoms with van der Waals surface area (Å²) in [5, 5.41) is 10.5. The minimum Gasteiger partial charge on any atom is -0.387 e. The molecule has 2 aromatic heterocycles. The van der Waals surface area contributed by atoms with Crippen molar-refractivity contribution in [3.8, 4) is 0 Å². The Hall–Kier alpha value is -0.870. The van der Waals surface area contributed by atoms with E-state index in [1.165, 1.54) is 37.0 Å². The van der Waals surface area contributed by atoms with Gasteiger partial charge < -0.3 is 5.11 Å². The molecule has 0 radical (unpaired) electrons. The van der Waals surface area contributed by atoms with E-state index in [2.05, 4.69) is 11.9 Å². The minimum atomic E-state index is -0.337. The van der Waals surface area contributed by atoms with E-state index in [0.29, 0.717) is 5.92 Å². The van der Waals surface area contributed by atoms with Crippen LogP contribution < -0.4 is 0 Å². The molecule has 1 aliphatic rings. The largest absolute Gasteiger partial charge is 0.387 e. The summed E-state index contributed by atoms with van der Waals surface area (Å²) in [5.41, 5.74) is 1.05. The molecule has 18 heavy (non-hydrogen) atoms. The molecule has 4 heteroatoms. The molecule has 2 aromatic rings. The van der Waals surface area contributed by atoms with E-state index in [9.17, 15) is 5.11 Å². The zero-order valence-corrected chi connectivity index (χ0v) is 11.6. The molecular formula is C14H20N2OS. The maximum Gasteiger partial charge on any atom is 0.120 e. The third-order valence-corrected chi connectivity index (χ3v) is 5.11. The molecule has 0 bridgehead atoms. The third-order valence-electron chi connectivity index (χ3n) is 4.08. The van der Waals surface area contributed by atoms with Gasteiger partial charge in [0.25, 0.3) is 0 Å². The molecule has 0 unspecified atom stereocenters. The van der Waals surface area contributed by atoms with Crippen LogP contribution in [0.3, 0.4) is 0 Å². The Labute approximate surface area is 111 Å². The summed E-state index contributed by atoms with van der Waals surface area (Å²) in [6.45, 7) is 2.09. The maximum atomic E-state index is 10.5. The van der Waals surface area contributed by atoms with Crippen LogP contribution in [0.15, 0.2) is 12.5 Å². The first kappa shape index (κ1) is 12.2. The number of nitrogens with zero attached hydrogens (tertiary/aromatic N) is 2. The summed E-state index contributed by atoms with van der Waals surface area (Å²) in [6, 6.07) is 0. The second-order valence-corrected chi connectivity index (χ2v) is 6.64. The minimum absolute atomic E-state index is 0.337. The highest BCUT2D eigenvalue weighted by Gasteiger charge is 2.22. The molecule has 0 amide bonds. The van der Waals surface area contributed by atoms with Crippen molar-refractivity contribution in [2.45, 2.75) is 51.6 Å². The maximum absolute atomic E-state index is 10.5. The summed E-state index contributed by atoms with van der Waals surface area (Å²) in [4.78, 5) is 6.50. The molecule has 0 spiro atoms. The van der Waals surface area contributed by atoms with Crippen LogP contribution in [0, 0.1) is 12.8 Å². The topological polar surface area (TPSA) is 37.5 Å². The fourth-order valence-electron chi connectivity index (χ4n) is 3.16. The van der Waals surface area contributed by atoms with Crippen LogP contribution in [0.1, 0.15) is 55.2 Å². The Bertz CT molecular complexity index is 525. The number of aliphatic hydroxyl groups is 1. The third kappa shape index (κ3) is 2.19. The van der Waals surface area contributed by atoms with Gasteiger partial charge in [-0.3, -0.25) is 4.40 Å². The molecule has 98 valence electrons. The number of rotatable bonds is 3. The van der Waals surface area contributed by atoms with Gasteiger partial charge in [-0.15, -0.1) is 11.3 Å². The van der Waals surface area contributed by atoms with Crippen LogP contribution in [0.25, 0.3) is 4.83 Å². The summed E-state index contributed by atoms with van der Waals surface area (Å²) in [5.74, 6) is 0.701. The lowest BCUT2D eigenvalue weighted by atomic mass is 9.85. The van der Waals surface area contributed by atoms with Gasteiger partial charge in [-0.2, -0.15) is 0 Å². The highest BCUT2D eigenvalue weighted by molar-refractivity contribution is 7.17. The molecule has 1 fully saturated rings. The fraction of sp³-hybridized carbons (Fsp3) is 0.643. The van der Waals surface area contributed by atoms with Gasteiger partial charge in [0.15, 0.2) is 0 Å². The zero-order valence-electron chi connectivity index (χ0n) is 10.8. The molecule has 1 atom stereocenters. The van der Waals surface area contributed by atoms with Gasteiger partial charge in [-0.1, -0.05) is 32.1 Å². The molecule has 0 saturated heterocycles. The van der Waals surface area contributed by atoms with Gasteiger partial charge >= 0.3 is 0 Å². The Morgan fingerprint density at radius 3 is 3.00 bits per heavy atom. The number of aromatic nitrogens is 2. The number of fused-ring (bicyclic) bond motifs is 1. The summed E-state index contributed by atoms with van der Waals surface area (Å²) >= 11 is 1.72. The smallest absolute Gasteiger partial charge is 0.120 e. The summed E-state index contributed by atoms with van der Waals surface area (Å²) in [7, 11) is 0. The van der Waals surface area contributed by atoms with Crippen molar-refractivity contribution in [1.82, 2.24) is 9.38 Å². The van der Waals surface area contributed by atoms with Crippen molar-refractivity contribution < 1.29 is 5.11 Å².